The number of aliphatic carboxylic acids is 1. The number of alkyl halides is 3. The second-order valence-electron chi connectivity index (χ2n) is 7.73. The summed E-state index contributed by atoms with van der Waals surface area (Å²) in [6, 6.07) is 0. The number of carbonyl (C=O) groups is 1. The van der Waals surface area contributed by atoms with Crippen molar-refractivity contribution in [2.75, 3.05) is 0 Å². The molecule has 1 aliphatic heterocycles. The summed E-state index contributed by atoms with van der Waals surface area (Å²) in [5, 5.41) is 9.51. The Labute approximate surface area is 146 Å². The molecule has 3 aliphatic rings. The van der Waals surface area contributed by atoms with Gasteiger partial charge in [0.05, 0.1) is 6.10 Å². The number of rotatable bonds is 3. The Morgan fingerprint density at radius 1 is 0.840 bits per heavy atom. The number of hydrogen-bond donors (Lipinski definition) is 1. The van der Waals surface area contributed by atoms with Crippen LogP contribution in [0.25, 0.3) is 0 Å². The van der Waals surface area contributed by atoms with Crippen molar-refractivity contribution >= 4 is 5.97 Å². The number of hydrogen-bond acceptors (Lipinski definition) is 3. The average Bonchev–Trinajstić information content (AvgIpc) is 2.61. The molecule has 0 aromatic heterocycles. The van der Waals surface area contributed by atoms with Gasteiger partial charge < -0.3 is 14.6 Å². The van der Waals surface area contributed by atoms with E-state index in [0.717, 1.165) is 64.2 Å². The second kappa shape index (κ2) is 7.82. The van der Waals surface area contributed by atoms with Crippen LogP contribution in [0.5, 0.6) is 0 Å². The van der Waals surface area contributed by atoms with Crippen molar-refractivity contribution in [2.24, 2.45) is 17.8 Å². The van der Waals surface area contributed by atoms with Gasteiger partial charge in [-0.05, 0) is 31.6 Å². The van der Waals surface area contributed by atoms with Gasteiger partial charge in [0.25, 0.3) is 0 Å². The fourth-order valence-corrected chi connectivity index (χ4v) is 4.72. The molecular weight excluding hydrogens is 337 g/mol. The first-order valence-corrected chi connectivity index (χ1v) is 9.48. The molecule has 0 bridgehead atoms. The lowest BCUT2D eigenvalue weighted by molar-refractivity contribution is -0.354. The highest BCUT2D eigenvalue weighted by Gasteiger charge is 2.58. The van der Waals surface area contributed by atoms with Crippen molar-refractivity contribution in [1.82, 2.24) is 0 Å². The van der Waals surface area contributed by atoms with Crippen molar-refractivity contribution in [2.45, 2.75) is 88.9 Å². The normalized spacial score (nSPS) is 36.3. The first-order chi connectivity index (χ1) is 11.9. The zero-order valence-corrected chi connectivity index (χ0v) is 14.3. The van der Waals surface area contributed by atoms with Crippen molar-refractivity contribution in [1.29, 1.82) is 0 Å². The minimum absolute atomic E-state index is 0.0700. The van der Waals surface area contributed by atoms with Crippen LogP contribution in [0.1, 0.15) is 64.2 Å². The molecule has 1 heterocycles. The summed E-state index contributed by atoms with van der Waals surface area (Å²) in [6.07, 6.45) is 0.0839. The molecule has 0 spiro atoms. The van der Waals surface area contributed by atoms with Crippen LogP contribution in [0.2, 0.25) is 0 Å². The summed E-state index contributed by atoms with van der Waals surface area (Å²) in [4.78, 5) is 11.7. The lowest BCUT2D eigenvalue weighted by Crippen LogP contribution is -2.58. The molecule has 2 saturated carbocycles. The maximum absolute atomic E-state index is 13.6. The zero-order chi connectivity index (χ0) is 18.0. The zero-order valence-electron chi connectivity index (χ0n) is 14.3. The minimum atomic E-state index is -4.70. The van der Waals surface area contributed by atoms with Gasteiger partial charge in [-0.1, -0.05) is 38.5 Å². The third kappa shape index (κ3) is 4.30. The monoisotopic (exact) mass is 364 g/mol. The van der Waals surface area contributed by atoms with E-state index in [0.29, 0.717) is 0 Å². The molecular formula is C18H27F3O4. The molecule has 1 N–H and O–H groups in total. The highest BCUT2D eigenvalue weighted by atomic mass is 19.4. The first-order valence-electron chi connectivity index (χ1n) is 9.48. The van der Waals surface area contributed by atoms with Crippen LogP contribution in [0.15, 0.2) is 0 Å². The topological polar surface area (TPSA) is 55.8 Å². The third-order valence-electron chi connectivity index (χ3n) is 6.01. The van der Waals surface area contributed by atoms with Gasteiger partial charge in [-0.2, -0.15) is 13.2 Å². The molecule has 3 rings (SSSR count). The van der Waals surface area contributed by atoms with Crippen LogP contribution in [0.4, 0.5) is 13.2 Å². The molecule has 144 valence electrons. The first kappa shape index (κ1) is 19.0. The van der Waals surface area contributed by atoms with Crippen LogP contribution in [-0.4, -0.2) is 35.8 Å². The fourth-order valence-electron chi connectivity index (χ4n) is 4.72. The van der Waals surface area contributed by atoms with Crippen LogP contribution < -0.4 is 0 Å². The van der Waals surface area contributed by atoms with E-state index < -0.39 is 36.6 Å². The Bertz CT molecular complexity index is 456. The summed E-state index contributed by atoms with van der Waals surface area (Å²) in [7, 11) is 0. The molecule has 0 aromatic rings. The number of ether oxygens (including phenoxy) is 2. The van der Waals surface area contributed by atoms with Gasteiger partial charge in [-0.15, -0.1) is 0 Å². The van der Waals surface area contributed by atoms with E-state index in [1.807, 2.05) is 0 Å². The SMILES string of the molecule is O=C(O)[C@H]1[C@@H](C2CCCCC2)O[C@@H](C2CCCCC2)O[C@H]1C(F)(F)F. The summed E-state index contributed by atoms with van der Waals surface area (Å²) < 4.78 is 52.0. The Morgan fingerprint density at radius 3 is 1.84 bits per heavy atom. The molecule has 1 saturated heterocycles. The van der Waals surface area contributed by atoms with E-state index in [1.54, 1.807) is 0 Å². The predicted octanol–water partition coefficient (Wildman–Crippen LogP) is 4.52. The summed E-state index contributed by atoms with van der Waals surface area (Å²) in [5.74, 6) is -3.35. The number of carboxylic acids is 1. The highest BCUT2D eigenvalue weighted by Crippen LogP contribution is 2.44. The summed E-state index contributed by atoms with van der Waals surface area (Å²) in [6.45, 7) is 0. The molecule has 25 heavy (non-hydrogen) atoms. The smallest absolute Gasteiger partial charge is 0.415 e. The Balaban J connectivity index is 1.85. The largest absolute Gasteiger partial charge is 0.481 e. The quantitative estimate of drug-likeness (QED) is 0.800. The Hall–Kier alpha value is -0.820. The van der Waals surface area contributed by atoms with E-state index in [1.165, 1.54) is 0 Å². The standard InChI is InChI=1S/C18H27F3O4/c19-18(20,21)15-13(16(22)23)14(11-7-3-1-4-8-11)24-17(25-15)12-9-5-2-6-10-12/h11-15,17H,1-10H2,(H,22,23)/t13-,14+,15+,17+/m0/s1. The van der Waals surface area contributed by atoms with E-state index >= 15 is 0 Å². The molecule has 7 heteroatoms. The van der Waals surface area contributed by atoms with Gasteiger partial charge in [0.1, 0.15) is 5.92 Å². The molecule has 4 nitrogen and oxygen atoms in total. The molecule has 2 aliphatic carbocycles. The maximum Gasteiger partial charge on any atom is 0.415 e. The van der Waals surface area contributed by atoms with Crippen molar-refractivity contribution in [3.63, 3.8) is 0 Å². The number of halogens is 3. The summed E-state index contributed by atoms with van der Waals surface area (Å²) in [5.41, 5.74) is 0. The second-order valence-corrected chi connectivity index (χ2v) is 7.73. The Kier molecular flexibility index (Phi) is 5.93. The van der Waals surface area contributed by atoms with Crippen molar-refractivity contribution in [3.8, 4) is 0 Å². The molecule has 4 atom stereocenters. The average molecular weight is 364 g/mol. The van der Waals surface area contributed by atoms with Crippen LogP contribution >= 0.6 is 0 Å². The molecule has 0 amide bonds. The number of carboxylic acid groups (broad SMARTS) is 1. The Morgan fingerprint density at radius 2 is 1.36 bits per heavy atom. The van der Waals surface area contributed by atoms with Crippen LogP contribution in [0.3, 0.4) is 0 Å². The predicted molar refractivity (Wildman–Crippen MR) is 83.9 cm³/mol. The van der Waals surface area contributed by atoms with Crippen molar-refractivity contribution in [3.05, 3.63) is 0 Å². The van der Waals surface area contributed by atoms with Gasteiger partial charge in [-0.25, -0.2) is 0 Å². The van der Waals surface area contributed by atoms with E-state index in [9.17, 15) is 23.1 Å². The van der Waals surface area contributed by atoms with Gasteiger partial charge in [0.2, 0.25) is 0 Å². The summed E-state index contributed by atoms with van der Waals surface area (Å²) >= 11 is 0. The molecule has 0 unspecified atom stereocenters. The van der Waals surface area contributed by atoms with E-state index in [2.05, 4.69) is 0 Å². The van der Waals surface area contributed by atoms with Crippen molar-refractivity contribution < 1.29 is 32.5 Å². The highest BCUT2D eigenvalue weighted by molar-refractivity contribution is 5.72. The fraction of sp³-hybridized carbons (Fsp3) is 0.944. The molecule has 3 fully saturated rings. The van der Waals surface area contributed by atoms with Crippen LogP contribution in [-0.2, 0) is 14.3 Å². The van der Waals surface area contributed by atoms with E-state index in [4.69, 9.17) is 9.47 Å². The van der Waals surface area contributed by atoms with Gasteiger partial charge in [0.15, 0.2) is 12.4 Å². The van der Waals surface area contributed by atoms with Crippen LogP contribution in [0, 0.1) is 17.8 Å². The molecule has 0 radical (unpaired) electrons. The van der Waals surface area contributed by atoms with Gasteiger partial charge in [-0.3, -0.25) is 4.79 Å². The molecule has 0 aromatic carbocycles. The van der Waals surface area contributed by atoms with Gasteiger partial charge >= 0.3 is 12.1 Å². The maximum atomic E-state index is 13.6. The van der Waals surface area contributed by atoms with Gasteiger partial charge in [0, 0.05) is 5.92 Å². The minimum Gasteiger partial charge on any atom is -0.481 e. The lowest BCUT2D eigenvalue weighted by Gasteiger charge is -2.46. The lowest BCUT2D eigenvalue weighted by atomic mass is 9.77. The van der Waals surface area contributed by atoms with E-state index in [-0.39, 0.29) is 11.8 Å². The third-order valence-corrected chi connectivity index (χ3v) is 6.01.